The molecular formula is C25H27FN6OS. The number of likely N-dealkylation sites (tertiary alicyclic amines) is 1. The van der Waals surface area contributed by atoms with Crippen LogP contribution in [0.2, 0.25) is 0 Å². The monoisotopic (exact) mass is 478 g/mol. The minimum atomic E-state index is -0.288. The van der Waals surface area contributed by atoms with Gasteiger partial charge in [-0.15, -0.1) is 10.2 Å². The molecule has 3 heterocycles. The van der Waals surface area contributed by atoms with Crippen molar-refractivity contribution in [1.29, 1.82) is 0 Å². The van der Waals surface area contributed by atoms with Crippen molar-refractivity contribution in [3.8, 4) is 17.1 Å². The lowest BCUT2D eigenvalue weighted by Crippen LogP contribution is -2.30. The Morgan fingerprint density at radius 1 is 1.06 bits per heavy atom. The van der Waals surface area contributed by atoms with Gasteiger partial charge in [0.2, 0.25) is 11.7 Å². The van der Waals surface area contributed by atoms with E-state index in [0.717, 1.165) is 36.3 Å². The normalized spacial score (nSPS) is 15.5. The largest absolute Gasteiger partial charge is 0.338 e. The highest BCUT2D eigenvalue weighted by Gasteiger charge is 2.23. The zero-order valence-corrected chi connectivity index (χ0v) is 20.1. The van der Waals surface area contributed by atoms with Crippen LogP contribution in [-0.4, -0.2) is 42.9 Å². The van der Waals surface area contributed by atoms with Crippen LogP contribution in [-0.2, 0) is 6.54 Å². The molecule has 0 spiro atoms. The number of aryl methyl sites for hydroxylation is 1. The molecule has 0 N–H and O–H groups in total. The number of nitrogens with zero attached hydrogens (tertiary/aromatic N) is 6. The molecule has 9 heteroatoms. The quantitative estimate of drug-likeness (QED) is 0.320. The predicted octanol–water partition coefficient (Wildman–Crippen LogP) is 5.60. The number of benzene rings is 2. The Balaban J connectivity index is 1.39. The van der Waals surface area contributed by atoms with Crippen LogP contribution >= 0.6 is 11.8 Å². The van der Waals surface area contributed by atoms with Crippen LogP contribution in [0.1, 0.15) is 48.7 Å². The molecule has 1 aliphatic heterocycles. The Morgan fingerprint density at radius 2 is 1.85 bits per heavy atom. The number of aromatic nitrogens is 5. The van der Waals surface area contributed by atoms with Gasteiger partial charge in [-0.25, -0.2) is 4.39 Å². The first-order valence-electron chi connectivity index (χ1n) is 11.6. The summed E-state index contributed by atoms with van der Waals surface area (Å²) >= 11 is 1.52. The molecular weight excluding hydrogens is 451 g/mol. The molecule has 7 nitrogen and oxygen atoms in total. The molecule has 0 aliphatic carbocycles. The first kappa shape index (κ1) is 22.7. The lowest BCUT2D eigenvalue weighted by atomic mass is 10.1. The third kappa shape index (κ3) is 4.90. The minimum Gasteiger partial charge on any atom is -0.338 e. The SMILES string of the molecule is Cc1ccc(-c2noc(C(C)Sc3nnc(CN4CCCCC4)n3-c3ccccc3)n2)cc1F. The van der Waals surface area contributed by atoms with Gasteiger partial charge in [-0.1, -0.05) is 53.7 Å². The maximum atomic E-state index is 14.0. The van der Waals surface area contributed by atoms with E-state index in [2.05, 4.69) is 41.9 Å². The Hall–Kier alpha value is -3.04. The van der Waals surface area contributed by atoms with Crippen molar-refractivity contribution in [2.24, 2.45) is 0 Å². The van der Waals surface area contributed by atoms with Gasteiger partial charge in [0, 0.05) is 11.3 Å². The van der Waals surface area contributed by atoms with E-state index in [1.807, 2.05) is 25.1 Å². The van der Waals surface area contributed by atoms with Crippen molar-refractivity contribution in [2.45, 2.75) is 50.1 Å². The van der Waals surface area contributed by atoms with Crippen molar-refractivity contribution in [2.75, 3.05) is 13.1 Å². The summed E-state index contributed by atoms with van der Waals surface area (Å²) in [5.41, 5.74) is 2.19. The second kappa shape index (κ2) is 10.1. The highest BCUT2D eigenvalue weighted by Crippen LogP contribution is 2.35. The fraction of sp³-hybridized carbons (Fsp3) is 0.360. The molecule has 34 heavy (non-hydrogen) atoms. The van der Waals surface area contributed by atoms with E-state index in [4.69, 9.17) is 4.52 Å². The standard InChI is InChI=1S/C25H27FN6OS/c1-17-11-12-19(15-21(17)26)23-27-24(33-30-23)18(2)34-25-29-28-22(16-31-13-7-4-8-14-31)32(25)20-9-5-3-6-10-20/h3,5-6,9-12,15,18H,4,7-8,13-14,16H2,1-2H3. The molecule has 0 radical (unpaired) electrons. The molecule has 1 fully saturated rings. The molecule has 1 unspecified atom stereocenters. The number of para-hydroxylation sites is 1. The Kier molecular flexibility index (Phi) is 6.73. The number of rotatable bonds is 7. The zero-order valence-electron chi connectivity index (χ0n) is 19.3. The zero-order chi connectivity index (χ0) is 23.5. The van der Waals surface area contributed by atoms with Crippen LogP contribution in [0.25, 0.3) is 17.1 Å². The van der Waals surface area contributed by atoms with Crippen LogP contribution < -0.4 is 0 Å². The predicted molar refractivity (Wildman–Crippen MR) is 129 cm³/mol. The van der Waals surface area contributed by atoms with Gasteiger partial charge in [-0.3, -0.25) is 9.47 Å². The molecule has 5 rings (SSSR count). The maximum Gasteiger partial charge on any atom is 0.240 e. The number of thioether (sulfide) groups is 1. The van der Waals surface area contributed by atoms with E-state index in [1.165, 1.54) is 37.1 Å². The fourth-order valence-electron chi connectivity index (χ4n) is 4.09. The summed E-state index contributed by atoms with van der Waals surface area (Å²) in [4.78, 5) is 6.96. The number of halogens is 1. The van der Waals surface area contributed by atoms with E-state index >= 15 is 0 Å². The van der Waals surface area contributed by atoms with Crippen LogP contribution in [0.3, 0.4) is 0 Å². The van der Waals surface area contributed by atoms with Gasteiger partial charge in [0.25, 0.3) is 0 Å². The van der Waals surface area contributed by atoms with Crippen molar-refractivity contribution in [3.05, 3.63) is 71.6 Å². The van der Waals surface area contributed by atoms with Crippen LogP contribution in [0.4, 0.5) is 4.39 Å². The first-order chi connectivity index (χ1) is 16.6. The Bertz CT molecular complexity index is 1250. The highest BCUT2D eigenvalue weighted by molar-refractivity contribution is 7.99. The summed E-state index contributed by atoms with van der Waals surface area (Å²) in [6.07, 6.45) is 3.74. The van der Waals surface area contributed by atoms with E-state index in [9.17, 15) is 4.39 Å². The van der Waals surface area contributed by atoms with Gasteiger partial charge in [-0.05, 0) is 63.5 Å². The number of piperidine rings is 1. The van der Waals surface area contributed by atoms with E-state index in [1.54, 1.807) is 19.1 Å². The topological polar surface area (TPSA) is 72.9 Å². The number of hydrogen-bond acceptors (Lipinski definition) is 7. The van der Waals surface area contributed by atoms with Crippen LogP contribution in [0.5, 0.6) is 0 Å². The smallest absolute Gasteiger partial charge is 0.240 e. The molecule has 1 saturated heterocycles. The van der Waals surface area contributed by atoms with Crippen molar-refractivity contribution in [1.82, 2.24) is 29.8 Å². The molecule has 0 bridgehead atoms. The molecule has 176 valence electrons. The maximum absolute atomic E-state index is 14.0. The van der Waals surface area contributed by atoms with E-state index < -0.39 is 0 Å². The summed E-state index contributed by atoms with van der Waals surface area (Å²) < 4.78 is 21.6. The first-order valence-corrected chi connectivity index (χ1v) is 12.5. The second-order valence-electron chi connectivity index (χ2n) is 8.59. The lowest BCUT2D eigenvalue weighted by Gasteiger charge is -2.26. The average Bonchev–Trinajstić information content (AvgIpc) is 3.50. The second-order valence-corrected chi connectivity index (χ2v) is 9.89. The average molecular weight is 479 g/mol. The van der Waals surface area contributed by atoms with Crippen molar-refractivity contribution < 1.29 is 8.91 Å². The lowest BCUT2D eigenvalue weighted by molar-refractivity contribution is 0.214. The van der Waals surface area contributed by atoms with E-state index in [0.29, 0.717) is 22.8 Å². The molecule has 2 aromatic heterocycles. The summed E-state index contributed by atoms with van der Waals surface area (Å²) in [5.74, 6) is 1.46. The summed E-state index contributed by atoms with van der Waals surface area (Å²) in [7, 11) is 0. The minimum absolute atomic E-state index is 0.161. The third-order valence-electron chi connectivity index (χ3n) is 6.03. The molecule has 1 atom stereocenters. The Labute approximate surface area is 202 Å². The van der Waals surface area contributed by atoms with Gasteiger partial charge < -0.3 is 4.52 Å². The molecule has 0 amide bonds. The van der Waals surface area contributed by atoms with Crippen LogP contribution in [0.15, 0.2) is 58.2 Å². The summed E-state index contributed by atoms with van der Waals surface area (Å²) in [5, 5.41) is 13.7. The van der Waals surface area contributed by atoms with Gasteiger partial charge in [0.05, 0.1) is 11.8 Å². The van der Waals surface area contributed by atoms with Crippen LogP contribution in [0, 0.1) is 12.7 Å². The third-order valence-corrected chi connectivity index (χ3v) is 7.06. The number of hydrogen-bond donors (Lipinski definition) is 0. The van der Waals surface area contributed by atoms with Crippen molar-refractivity contribution >= 4 is 11.8 Å². The van der Waals surface area contributed by atoms with Gasteiger partial charge in [0.1, 0.15) is 5.82 Å². The van der Waals surface area contributed by atoms with Gasteiger partial charge in [-0.2, -0.15) is 4.98 Å². The van der Waals surface area contributed by atoms with Crippen molar-refractivity contribution in [3.63, 3.8) is 0 Å². The molecule has 0 saturated carbocycles. The summed E-state index contributed by atoms with van der Waals surface area (Å²) in [6, 6.07) is 15.1. The Morgan fingerprint density at radius 3 is 2.62 bits per heavy atom. The molecule has 4 aromatic rings. The van der Waals surface area contributed by atoms with Gasteiger partial charge in [0.15, 0.2) is 11.0 Å². The van der Waals surface area contributed by atoms with Gasteiger partial charge >= 0.3 is 0 Å². The molecule has 2 aromatic carbocycles. The fourth-order valence-corrected chi connectivity index (χ4v) is 5.01. The molecule has 1 aliphatic rings. The summed E-state index contributed by atoms with van der Waals surface area (Å²) in [6.45, 7) is 6.66. The highest BCUT2D eigenvalue weighted by atomic mass is 32.2. The van der Waals surface area contributed by atoms with E-state index in [-0.39, 0.29) is 11.1 Å².